The van der Waals surface area contributed by atoms with E-state index in [0.717, 1.165) is 30.4 Å². The van der Waals surface area contributed by atoms with E-state index in [9.17, 15) is 24.6 Å². The Morgan fingerprint density at radius 3 is 2.71 bits per heavy atom. The highest BCUT2D eigenvalue weighted by Gasteiger charge is 2.69. The van der Waals surface area contributed by atoms with Gasteiger partial charge in [0.2, 0.25) is 0 Å². The highest BCUT2D eigenvalue weighted by Crippen LogP contribution is 2.67. The van der Waals surface area contributed by atoms with Crippen LogP contribution in [0.25, 0.3) is 0 Å². The summed E-state index contributed by atoms with van der Waals surface area (Å²) in [5.41, 5.74) is -0.976. The van der Waals surface area contributed by atoms with Gasteiger partial charge in [-0.2, -0.15) is 0 Å². The molecule has 0 spiro atoms. The number of ketones is 2. The first-order valence-electron chi connectivity index (χ1n) is 12.9. The van der Waals surface area contributed by atoms with Crippen molar-refractivity contribution in [2.75, 3.05) is 13.7 Å². The average Bonchev–Trinajstić information content (AvgIpc) is 3.08. The number of hydrogen-bond acceptors (Lipinski definition) is 7. The molecule has 0 saturated heterocycles. The van der Waals surface area contributed by atoms with E-state index in [-0.39, 0.29) is 48.4 Å². The molecule has 0 amide bonds. The van der Waals surface area contributed by atoms with E-state index >= 15 is 0 Å². The number of Topliss-reactive ketones (excluding diaryl/α,β-unsaturated/α-hetero) is 1. The molecule has 0 aromatic heterocycles. The monoisotopic (exact) mass is 483 g/mol. The van der Waals surface area contributed by atoms with Crippen molar-refractivity contribution in [2.45, 2.75) is 76.9 Å². The minimum Gasteiger partial charge on any atom is -0.455 e. The van der Waals surface area contributed by atoms with Gasteiger partial charge in [0.15, 0.2) is 5.78 Å². The van der Waals surface area contributed by atoms with Crippen molar-refractivity contribution in [2.24, 2.45) is 28.6 Å². The predicted molar refractivity (Wildman–Crippen MR) is 129 cm³/mol. The Labute approximate surface area is 206 Å². The van der Waals surface area contributed by atoms with Gasteiger partial charge in [0.1, 0.15) is 12.2 Å². The molecule has 3 fully saturated rings. The zero-order valence-electron chi connectivity index (χ0n) is 21.0. The molecule has 1 aliphatic heterocycles. The second-order valence-corrected chi connectivity index (χ2v) is 11.9. The lowest BCUT2D eigenvalue weighted by Crippen LogP contribution is -2.62. The fourth-order valence-electron chi connectivity index (χ4n) is 8.31. The number of carbonyl (C=O) groups is 3. The Balaban J connectivity index is 1.36. The first-order chi connectivity index (χ1) is 16.5. The van der Waals surface area contributed by atoms with E-state index in [1.54, 1.807) is 6.08 Å². The Hall–Kier alpha value is -2.25. The summed E-state index contributed by atoms with van der Waals surface area (Å²) in [7, 11) is 1.88. The predicted octanol–water partition coefficient (Wildman–Crippen LogP) is 3.07. The molecule has 6 unspecified atom stereocenters. The number of aliphatic hydroxyl groups excluding tert-OH is 1. The molecule has 7 heteroatoms. The van der Waals surface area contributed by atoms with Gasteiger partial charge >= 0.3 is 5.97 Å². The minimum absolute atomic E-state index is 0.00892. The zero-order chi connectivity index (χ0) is 25.2. The van der Waals surface area contributed by atoms with Crippen molar-refractivity contribution in [1.82, 2.24) is 4.90 Å². The maximum Gasteiger partial charge on any atom is 0.378 e. The summed E-state index contributed by atoms with van der Waals surface area (Å²) in [5, 5.41) is 23.2. The average molecular weight is 484 g/mol. The number of rotatable bonds is 4. The van der Waals surface area contributed by atoms with E-state index < -0.39 is 28.9 Å². The maximum atomic E-state index is 13.4. The van der Waals surface area contributed by atoms with Gasteiger partial charge in [0.25, 0.3) is 5.78 Å². The van der Waals surface area contributed by atoms with E-state index in [1.807, 2.05) is 37.3 Å². The van der Waals surface area contributed by atoms with Crippen LogP contribution in [0.1, 0.15) is 65.2 Å². The largest absolute Gasteiger partial charge is 0.455 e. The number of esters is 1. The molecule has 35 heavy (non-hydrogen) atoms. The van der Waals surface area contributed by atoms with Crippen molar-refractivity contribution >= 4 is 17.5 Å². The number of hydrogen-bond donors (Lipinski definition) is 2. The van der Waals surface area contributed by atoms with Crippen molar-refractivity contribution in [3.63, 3.8) is 0 Å². The molecular weight excluding hydrogens is 446 g/mol. The quantitative estimate of drug-likeness (QED) is 0.468. The molecule has 2 N–H and O–H groups in total. The lowest BCUT2D eigenvalue weighted by Gasteiger charge is -2.60. The smallest absolute Gasteiger partial charge is 0.378 e. The SMILES string of the molecule is CN1C=CCC(COC(=O)C(=O)[C@@]2(O)CCC3C4CCC5=CC(=O)CCC5(C)C4C(O)CC32C)=C1. The summed E-state index contributed by atoms with van der Waals surface area (Å²) in [4.78, 5) is 40.1. The third-order valence-electron chi connectivity index (χ3n) is 10.1. The summed E-state index contributed by atoms with van der Waals surface area (Å²) in [5.74, 6) is -1.59. The summed E-state index contributed by atoms with van der Waals surface area (Å²) in [6.45, 7) is 4.05. The molecule has 190 valence electrons. The third kappa shape index (κ3) is 3.65. The Morgan fingerprint density at radius 2 is 1.97 bits per heavy atom. The van der Waals surface area contributed by atoms with E-state index in [1.165, 1.54) is 0 Å². The summed E-state index contributed by atoms with van der Waals surface area (Å²) >= 11 is 0. The van der Waals surface area contributed by atoms with Crippen molar-refractivity contribution < 1.29 is 29.3 Å². The van der Waals surface area contributed by atoms with Gasteiger partial charge in [-0.1, -0.05) is 25.5 Å². The maximum absolute atomic E-state index is 13.4. The molecular formula is C28H37NO6. The van der Waals surface area contributed by atoms with Crippen LogP contribution in [0, 0.1) is 28.6 Å². The van der Waals surface area contributed by atoms with Gasteiger partial charge in [0.05, 0.1) is 6.10 Å². The fraction of sp³-hybridized carbons (Fsp3) is 0.679. The van der Waals surface area contributed by atoms with Crippen LogP contribution in [0.15, 0.2) is 35.7 Å². The number of allylic oxidation sites excluding steroid dienone is 2. The number of aliphatic hydroxyl groups is 2. The van der Waals surface area contributed by atoms with E-state index in [4.69, 9.17) is 4.74 Å². The van der Waals surface area contributed by atoms with Crippen molar-refractivity contribution in [3.05, 3.63) is 35.7 Å². The molecule has 7 atom stereocenters. The van der Waals surface area contributed by atoms with E-state index in [2.05, 4.69) is 6.92 Å². The van der Waals surface area contributed by atoms with Crippen LogP contribution in [0.5, 0.6) is 0 Å². The number of nitrogens with zero attached hydrogens (tertiary/aromatic N) is 1. The van der Waals surface area contributed by atoms with Gasteiger partial charge in [-0.3, -0.25) is 9.59 Å². The number of carbonyl (C=O) groups excluding carboxylic acids is 3. The molecule has 0 bridgehead atoms. The lowest BCUT2D eigenvalue weighted by molar-refractivity contribution is -0.187. The van der Waals surface area contributed by atoms with Crippen LogP contribution < -0.4 is 0 Å². The molecule has 1 heterocycles. The zero-order valence-corrected chi connectivity index (χ0v) is 21.0. The molecule has 3 saturated carbocycles. The van der Waals surface area contributed by atoms with Crippen LogP contribution in [0.4, 0.5) is 0 Å². The van der Waals surface area contributed by atoms with Crippen LogP contribution >= 0.6 is 0 Å². The van der Waals surface area contributed by atoms with Crippen LogP contribution in [-0.4, -0.2) is 58.0 Å². The van der Waals surface area contributed by atoms with Crippen molar-refractivity contribution in [3.8, 4) is 0 Å². The number of fused-ring (bicyclic) bond motifs is 5. The molecule has 0 radical (unpaired) electrons. The lowest BCUT2D eigenvalue weighted by atomic mass is 9.45. The Bertz CT molecular complexity index is 1040. The molecule has 5 aliphatic rings. The van der Waals surface area contributed by atoms with Gasteiger partial charge in [-0.05, 0) is 86.0 Å². The minimum atomic E-state index is -1.85. The molecule has 4 aliphatic carbocycles. The Kier molecular flexibility index (Phi) is 5.87. The normalized spacial score (nSPS) is 42.4. The van der Waals surface area contributed by atoms with Crippen LogP contribution in [-0.2, 0) is 19.1 Å². The van der Waals surface area contributed by atoms with Crippen molar-refractivity contribution in [1.29, 1.82) is 0 Å². The second-order valence-electron chi connectivity index (χ2n) is 11.9. The molecule has 7 nitrogen and oxygen atoms in total. The topological polar surface area (TPSA) is 104 Å². The first-order valence-corrected chi connectivity index (χ1v) is 12.9. The van der Waals surface area contributed by atoms with E-state index in [0.29, 0.717) is 19.3 Å². The Morgan fingerprint density at radius 1 is 1.20 bits per heavy atom. The summed E-state index contributed by atoms with van der Waals surface area (Å²) in [6.07, 6.45) is 11.4. The van der Waals surface area contributed by atoms with Gasteiger partial charge in [-0.25, -0.2) is 4.79 Å². The van der Waals surface area contributed by atoms with Crippen LogP contribution in [0.3, 0.4) is 0 Å². The van der Waals surface area contributed by atoms with Crippen LogP contribution in [0.2, 0.25) is 0 Å². The summed E-state index contributed by atoms with van der Waals surface area (Å²) < 4.78 is 5.34. The first kappa shape index (κ1) is 24.4. The molecule has 0 aromatic rings. The number of ether oxygens (including phenoxy) is 1. The molecule has 5 rings (SSSR count). The van der Waals surface area contributed by atoms with Gasteiger partial charge in [-0.15, -0.1) is 0 Å². The van der Waals surface area contributed by atoms with Gasteiger partial charge < -0.3 is 19.8 Å². The molecule has 0 aromatic carbocycles. The highest BCUT2D eigenvalue weighted by molar-refractivity contribution is 6.37. The van der Waals surface area contributed by atoms with Gasteiger partial charge in [0, 0.05) is 25.1 Å². The second kappa shape index (κ2) is 8.41. The summed E-state index contributed by atoms with van der Waals surface area (Å²) in [6, 6.07) is 0. The fourth-order valence-corrected chi connectivity index (χ4v) is 8.31. The third-order valence-corrected chi connectivity index (χ3v) is 10.1. The standard InChI is InChI=1S/C28H37NO6/c1-26-10-8-19(30)13-18(26)6-7-20-21-9-11-28(34,27(21,2)14-22(31)23(20)26)24(32)25(33)35-16-17-5-4-12-29(3)15-17/h4,12-13,15,20-23,31,34H,5-11,14,16H2,1-3H3/t20?,21?,22?,23?,26?,27?,28-/m0/s1. The highest BCUT2D eigenvalue weighted by atomic mass is 16.5.